The van der Waals surface area contributed by atoms with Gasteiger partial charge in [-0.1, -0.05) is 6.92 Å². The van der Waals surface area contributed by atoms with E-state index in [9.17, 15) is 5.11 Å². The molecule has 0 amide bonds. The molecule has 1 unspecified atom stereocenters. The molecule has 12 heavy (non-hydrogen) atoms. The van der Waals surface area contributed by atoms with Crippen molar-refractivity contribution in [3.63, 3.8) is 0 Å². The van der Waals surface area contributed by atoms with Crippen LogP contribution < -0.4 is 0 Å². The van der Waals surface area contributed by atoms with E-state index < -0.39 is 0 Å². The third-order valence-corrected chi connectivity index (χ3v) is 3.23. The molecule has 0 spiro atoms. The highest BCUT2D eigenvalue weighted by Gasteiger charge is 2.03. The van der Waals surface area contributed by atoms with Crippen LogP contribution in [0.2, 0.25) is 0 Å². The molecule has 0 saturated carbocycles. The van der Waals surface area contributed by atoms with Crippen molar-refractivity contribution >= 4 is 11.3 Å². The van der Waals surface area contributed by atoms with Crippen molar-refractivity contribution in [2.75, 3.05) is 0 Å². The van der Waals surface area contributed by atoms with Gasteiger partial charge in [0.2, 0.25) is 0 Å². The lowest BCUT2D eigenvalue weighted by Crippen LogP contribution is -2.05. The summed E-state index contributed by atoms with van der Waals surface area (Å²) in [5.74, 6) is 0. The Hall–Kier alpha value is -0.340. The van der Waals surface area contributed by atoms with Crippen molar-refractivity contribution < 1.29 is 5.11 Å². The molecule has 1 aromatic rings. The smallest absolute Gasteiger partial charge is 0.0541 e. The highest BCUT2D eigenvalue weighted by molar-refractivity contribution is 7.10. The molecule has 1 rings (SSSR count). The molecular weight excluding hydrogens is 168 g/mol. The van der Waals surface area contributed by atoms with Crippen LogP contribution in [0.5, 0.6) is 0 Å². The first-order chi connectivity index (χ1) is 5.74. The van der Waals surface area contributed by atoms with Gasteiger partial charge in [-0.2, -0.15) is 0 Å². The fourth-order valence-electron chi connectivity index (χ4n) is 1.16. The van der Waals surface area contributed by atoms with Gasteiger partial charge in [0.15, 0.2) is 0 Å². The Kier molecular flexibility index (Phi) is 3.76. The van der Waals surface area contributed by atoms with Crippen LogP contribution >= 0.6 is 11.3 Å². The van der Waals surface area contributed by atoms with Crippen molar-refractivity contribution in [2.45, 2.75) is 39.2 Å². The summed E-state index contributed by atoms with van der Waals surface area (Å²) in [6, 6.07) is 2.14. The Balaban J connectivity index is 2.38. The number of thiophene rings is 1. The van der Waals surface area contributed by atoms with E-state index >= 15 is 0 Å². The monoisotopic (exact) mass is 184 g/mol. The molecule has 0 aliphatic rings. The van der Waals surface area contributed by atoms with Crippen LogP contribution in [0.3, 0.4) is 0 Å². The number of aliphatic hydroxyl groups is 1. The van der Waals surface area contributed by atoms with Gasteiger partial charge in [0.05, 0.1) is 6.10 Å². The first-order valence-corrected chi connectivity index (χ1v) is 5.33. The summed E-state index contributed by atoms with van der Waals surface area (Å²) < 4.78 is 0. The van der Waals surface area contributed by atoms with Crippen LogP contribution in [0.4, 0.5) is 0 Å². The van der Waals surface area contributed by atoms with Gasteiger partial charge in [0, 0.05) is 4.88 Å². The van der Waals surface area contributed by atoms with Gasteiger partial charge in [-0.05, 0) is 43.2 Å². The van der Waals surface area contributed by atoms with E-state index in [0.29, 0.717) is 0 Å². The van der Waals surface area contributed by atoms with Gasteiger partial charge < -0.3 is 5.11 Å². The summed E-state index contributed by atoms with van der Waals surface area (Å²) in [5.41, 5.74) is 1.36. The lowest BCUT2D eigenvalue weighted by molar-refractivity contribution is 0.161. The van der Waals surface area contributed by atoms with Crippen LogP contribution in [-0.2, 0) is 6.42 Å². The summed E-state index contributed by atoms with van der Waals surface area (Å²) in [6.07, 6.45) is 2.67. The zero-order chi connectivity index (χ0) is 8.97. The number of aryl methyl sites for hydroxylation is 2. The largest absolute Gasteiger partial charge is 0.393 e. The minimum absolute atomic E-state index is 0.119. The van der Waals surface area contributed by atoms with E-state index in [1.165, 1.54) is 10.4 Å². The molecule has 2 heteroatoms. The first-order valence-electron chi connectivity index (χ1n) is 4.45. The topological polar surface area (TPSA) is 20.2 Å². The zero-order valence-electron chi connectivity index (χ0n) is 7.71. The second-order valence-corrected chi connectivity index (χ2v) is 4.13. The fourth-order valence-corrected chi connectivity index (χ4v) is 2.09. The molecule has 1 heterocycles. The Morgan fingerprint density at radius 2 is 2.33 bits per heavy atom. The SMILES string of the molecule is CCC(O)CCc1sccc1C. The van der Waals surface area contributed by atoms with E-state index in [1.807, 2.05) is 6.92 Å². The van der Waals surface area contributed by atoms with Crippen LogP contribution in [0.1, 0.15) is 30.2 Å². The predicted octanol–water partition coefficient (Wildman–Crippen LogP) is 2.76. The molecule has 0 aliphatic carbocycles. The highest BCUT2D eigenvalue weighted by atomic mass is 32.1. The zero-order valence-corrected chi connectivity index (χ0v) is 8.53. The molecule has 1 N–H and O–H groups in total. The molecule has 0 aliphatic heterocycles. The molecule has 0 bridgehead atoms. The second-order valence-electron chi connectivity index (χ2n) is 3.13. The van der Waals surface area contributed by atoms with Crippen molar-refractivity contribution in [1.29, 1.82) is 0 Å². The minimum atomic E-state index is -0.119. The number of rotatable bonds is 4. The third-order valence-electron chi connectivity index (χ3n) is 2.14. The first kappa shape index (κ1) is 9.75. The Morgan fingerprint density at radius 1 is 1.58 bits per heavy atom. The number of hydrogen-bond acceptors (Lipinski definition) is 2. The molecular formula is C10H16OS. The average Bonchev–Trinajstić information content (AvgIpc) is 2.47. The van der Waals surface area contributed by atoms with Crippen LogP contribution in [0.25, 0.3) is 0 Å². The Labute approximate surface area is 78.1 Å². The number of hydrogen-bond donors (Lipinski definition) is 1. The van der Waals surface area contributed by atoms with Crippen molar-refractivity contribution in [2.24, 2.45) is 0 Å². The molecule has 0 aromatic carbocycles. The standard InChI is InChI=1S/C10H16OS/c1-3-9(11)4-5-10-8(2)6-7-12-10/h6-7,9,11H,3-5H2,1-2H3. The summed E-state index contributed by atoms with van der Waals surface area (Å²) in [5, 5.41) is 11.5. The Morgan fingerprint density at radius 3 is 2.83 bits per heavy atom. The van der Waals surface area contributed by atoms with Crippen LogP contribution in [-0.4, -0.2) is 11.2 Å². The lowest BCUT2D eigenvalue weighted by atomic mass is 10.1. The third kappa shape index (κ3) is 2.61. The predicted molar refractivity (Wildman–Crippen MR) is 53.7 cm³/mol. The molecule has 1 nitrogen and oxygen atoms in total. The maximum absolute atomic E-state index is 9.35. The Bertz CT molecular complexity index is 229. The van der Waals surface area contributed by atoms with Gasteiger partial charge in [-0.15, -0.1) is 11.3 Å². The summed E-state index contributed by atoms with van der Waals surface area (Å²) in [4.78, 5) is 1.42. The second kappa shape index (κ2) is 4.63. The van der Waals surface area contributed by atoms with Crippen LogP contribution in [0, 0.1) is 6.92 Å². The van der Waals surface area contributed by atoms with Crippen molar-refractivity contribution in [1.82, 2.24) is 0 Å². The molecule has 1 atom stereocenters. The maximum atomic E-state index is 9.35. The lowest BCUT2D eigenvalue weighted by Gasteiger charge is -2.05. The summed E-state index contributed by atoms with van der Waals surface area (Å²) >= 11 is 1.79. The maximum Gasteiger partial charge on any atom is 0.0541 e. The summed E-state index contributed by atoms with van der Waals surface area (Å²) in [6.45, 7) is 4.15. The molecule has 68 valence electrons. The van der Waals surface area contributed by atoms with Crippen LogP contribution in [0.15, 0.2) is 11.4 Å². The van der Waals surface area contributed by atoms with E-state index in [4.69, 9.17) is 0 Å². The van der Waals surface area contributed by atoms with Gasteiger partial charge in [0.25, 0.3) is 0 Å². The van der Waals surface area contributed by atoms with Gasteiger partial charge in [-0.3, -0.25) is 0 Å². The van der Waals surface area contributed by atoms with E-state index in [0.717, 1.165) is 19.3 Å². The minimum Gasteiger partial charge on any atom is -0.393 e. The summed E-state index contributed by atoms with van der Waals surface area (Å²) in [7, 11) is 0. The molecule has 1 aromatic heterocycles. The molecule has 0 radical (unpaired) electrons. The quantitative estimate of drug-likeness (QED) is 0.763. The van der Waals surface area contributed by atoms with E-state index in [1.54, 1.807) is 11.3 Å². The van der Waals surface area contributed by atoms with E-state index in [-0.39, 0.29) is 6.10 Å². The fraction of sp³-hybridized carbons (Fsp3) is 0.600. The van der Waals surface area contributed by atoms with Crippen molar-refractivity contribution in [3.05, 3.63) is 21.9 Å². The van der Waals surface area contributed by atoms with Gasteiger partial charge in [-0.25, -0.2) is 0 Å². The normalized spacial score (nSPS) is 13.2. The van der Waals surface area contributed by atoms with Gasteiger partial charge >= 0.3 is 0 Å². The van der Waals surface area contributed by atoms with Gasteiger partial charge in [0.1, 0.15) is 0 Å². The highest BCUT2D eigenvalue weighted by Crippen LogP contribution is 2.18. The number of aliphatic hydroxyl groups excluding tert-OH is 1. The van der Waals surface area contributed by atoms with Crippen molar-refractivity contribution in [3.8, 4) is 0 Å². The van der Waals surface area contributed by atoms with E-state index in [2.05, 4.69) is 18.4 Å². The average molecular weight is 184 g/mol. The molecule has 0 saturated heterocycles. The molecule has 0 fully saturated rings.